The van der Waals surface area contributed by atoms with Gasteiger partial charge in [-0.25, -0.2) is 4.98 Å². The van der Waals surface area contributed by atoms with Crippen LogP contribution in [0.3, 0.4) is 0 Å². The van der Waals surface area contributed by atoms with Gasteiger partial charge in [0.25, 0.3) is 0 Å². The molecule has 0 aliphatic carbocycles. The summed E-state index contributed by atoms with van der Waals surface area (Å²) in [5, 5.41) is 1.04. The van der Waals surface area contributed by atoms with Crippen molar-refractivity contribution < 1.29 is 9.53 Å². The molecule has 0 saturated heterocycles. The van der Waals surface area contributed by atoms with Gasteiger partial charge in [-0.05, 0) is 38.5 Å². The number of carbonyl (C=O) groups is 1. The minimum atomic E-state index is -0.221. The van der Waals surface area contributed by atoms with E-state index < -0.39 is 0 Å². The van der Waals surface area contributed by atoms with Crippen LogP contribution in [0, 0.1) is 6.92 Å². The Kier molecular flexibility index (Phi) is 3.43. The van der Waals surface area contributed by atoms with Gasteiger partial charge in [0.15, 0.2) is 0 Å². The average Bonchev–Trinajstić information content (AvgIpc) is 2.67. The third-order valence-electron chi connectivity index (χ3n) is 2.66. The zero-order valence-corrected chi connectivity index (χ0v) is 11.0. The molecule has 90 valence electrons. The van der Waals surface area contributed by atoms with Gasteiger partial charge in [-0.1, -0.05) is 6.07 Å². The summed E-state index contributed by atoms with van der Waals surface area (Å²) in [7, 11) is 0. The third-order valence-corrected chi connectivity index (χ3v) is 3.59. The van der Waals surface area contributed by atoms with Gasteiger partial charge in [0.05, 0.1) is 27.7 Å². The minimum absolute atomic E-state index is 0.173. The molecule has 0 N–H and O–H groups in total. The lowest BCUT2D eigenvalue weighted by Crippen LogP contribution is -2.12. The molecule has 0 radical (unpaired) electrons. The van der Waals surface area contributed by atoms with E-state index in [0.29, 0.717) is 6.61 Å². The van der Waals surface area contributed by atoms with Crippen LogP contribution in [0.2, 0.25) is 0 Å². The van der Waals surface area contributed by atoms with Crippen molar-refractivity contribution in [2.75, 3.05) is 6.61 Å². The molecule has 17 heavy (non-hydrogen) atoms. The zero-order chi connectivity index (χ0) is 12.4. The molecule has 3 nitrogen and oxygen atoms in total. The van der Waals surface area contributed by atoms with Crippen molar-refractivity contribution in [1.82, 2.24) is 4.98 Å². The molecule has 2 rings (SSSR count). The molecule has 1 unspecified atom stereocenters. The molecule has 0 aliphatic heterocycles. The van der Waals surface area contributed by atoms with Gasteiger partial charge in [-0.3, -0.25) is 4.79 Å². The number of hydrogen-bond donors (Lipinski definition) is 0. The van der Waals surface area contributed by atoms with E-state index in [1.165, 1.54) is 0 Å². The molecule has 1 heterocycles. The summed E-state index contributed by atoms with van der Waals surface area (Å²) >= 11 is 1.65. The lowest BCUT2D eigenvalue weighted by Gasteiger charge is -2.10. The molecule has 0 saturated carbocycles. The Morgan fingerprint density at radius 2 is 2.29 bits per heavy atom. The van der Waals surface area contributed by atoms with E-state index in [9.17, 15) is 4.79 Å². The number of benzene rings is 1. The standard InChI is InChI=1S/C13H15NO2S/c1-4-16-13(15)8(2)10-5-6-11-12(7-10)17-9(3)14-11/h5-8H,4H2,1-3H3. The molecule has 0 spiro atoms. The molecule has 0 aliphatic rings. The van der Waals surface area contributed by atoms with Crippen molar-refractivity contribution in [1.29, 1.82) is 0 Å². The van der Waals surface area contributed by atoms with Crippen LogP contribution in [0.1, 0.15) is 30.3 Å². The summed E-state index contributed by atoms with van der Waals surface area (Å²) < 4.78 is 6.15. The molecular formula is C13H15NO2S. The highest BCUT2D eigenvalue weighted by Gasteiger charge is 2.17. The number of fused-ring (bicyclic) bond motifs is 1. The van der Waals surface area contributed by atoms with Crippen LogP contribution >= 0.6 is 11.3 Å². The van der Waals surface area contributed by atoms with Gasteiger partial charge in [0.1, 0.15) is 0 Å². The first kappa shape index (κ1) is 12.0. The SMILES string of the molecule is CCOC(=O)C(C)c1ccc2nc(C)sc2c1. The summed E-state index contributed by atoms with van der Waals surface area (Å²) in [6.45, 7) is 6.09. The van der Waals surface area contributed by atoms with Crippen LogP contribution in [0.15, 0.2) is 18.2 Å². The number of thiazole rings is 1. The Morgan fingerprint density at radius 1 is 1.53 bits per heavy atom. The van der Waals surface area contributed by atoms with Gasteiger partial charge in [0.2, 0.25) is 0 Å². The largest absolute Gasteiger partial charge is 0.466 e. The molecule has 0 bridgehead atoms. The van der Waals surface area contributed by atoms with Gasteiger partial charge < -0.3 is 4.74 Å². The fourth-order valence-corrected chi connectivity index (χ4v) is 2.60. The first-order chi connectivity index (χ1) is 8.11. The van der Waals surface area contributed by atoms with E-state index in [1.54, 1.807) is 11.3 Å². The topological polar surface area (TPSA) is 39.2 Å². The summed E-state index contributed by atoms with van der Waals surface area (Å²) in [5.41, 5.74) is 1.98. The van der Waals surface area contributed by atoms with E-state index in [4.69, 9.17) is 4.74 Å². The molecule has 0 amide bonds. The Labute approximate surface area is 104 Å². The number of nitrogens with zero attached hydrogens (tertiary/aromatic N) is 1. The molecule has 2 aromatic rings. The fraction of sp³-hybridized carbons (Fsp3) is 0.385. The lowest BCUT2D eigenvalue weighted by molar-refractivity contribution is -0.144. The molecular weight excluding hydrogens is 234 g/mol. The monoisotopic (exact) mass is 249 g/mol. The van der Waals surface area contributed by atoms with E-state index in [2.05, 4.69) is 4.98 Å². The number of carbonyl (C=O) groups excluding carboxylic acids is 1. The number of esters is 1. The quantitative estimate of drug-likeness (QED) is 0.784. The number of aromatic nitrogens is 1. The molecule has 1 aromatic heterocycles. The second kappa shape index (κ2) is 4.84. The maximum Gasteiger partial charge on any atom is 0.313 e. The first-order valence-corrected chi connectivity index (χ1v) is 6.47. The number of hydrogen-bond acceptors (Lipinski definition) is 4. The van der Waals surface area contributed by atoms with Crippen LogP contribution in [-0.2, 0) is 9.53 Å². The number of ether oxygens (including phenoxy) is 1. The van der Waals surface area contributed by atoms with Crippen molar-refractivity contribution in [2.24, 2.45) is 0 Å². The van der Waals surface area contributed by atoms with E-state index in [1.807, 2.05) is 39.0 Å². The van der Waals surface area contributed by atoms with Gasteiger partial charge >= 0.3 is 5.97 Å². The van der Waals surface area contributed by atoms with Gasteiger partial charge in [-0.15, -0.1) is 11.3 Å². The van der Waals surface area contributed by atoms with Crippen LogP contribution in [0.5, 0.6) is 0 Å². The van der Waals surface area contributed by atoms with Crippen molar-refractivity contribution in [2.45, 2.75) is 26.7 Å². The highest BCUT2D eigenvalue weighted by molar-refractivity contribution is 7.18. The predicted molar refractivity (Wildman–Crippen MR) is 69.4 cm³/mol. The van der Waals surface area contributed by atoms with Crippen molar-refractivity contribution in [3.05, 3.63) is 28.8 Å². The smallest absolute Gasteiger partial charge is 0.313 e. The van der Waals surface area contributed by atoms with Crippen LogP contribution < -0.4 is 0 Å². The summed E-state index contributed by atoms with van der Waals surface area (Å²) in [6.07, 6.45) is 0. The molecule has 1 atom stereocenters. The van der Waals surface area contributed by atoms with Crippen molar-refractivity contribution in [3.63, 3.8) is 0 Å². The Balaban J connectivity index is 2.32. The highest BCUT2D eigenvalue weighted by atomic mass is 32.1. The Hall–Kier alpha value is -1.42. The first-order valence-electron chi connectivity index (χ1n) is 5.65. The van der Waals surface area contributed by atoms with Crippen LogP contribution in [-0.4, -0.2) is 17.6 Å². The average molecular weight is 249 g/mol. The van der Waals surface area contributed by atoms with E-state index in [-0.39, 0.29) is 11.9 Å². The normalized spacial score (nSPS) is 12.6. The zero-order valence-electron chi connectivity index (χ0n) is 10.2. The van der Waals surface area contributed by atoms with E-state index in [0.717, 1.165) is 20.8 Å². The Morgan fingerprint density at radius 3 is 3.00 bits per heavy atom. The second-order valence-corrected chi connectivity index (χ2v) is 5.17. The molecule has 4 heteroatoms. The minimum Gasteiger partial charge on any atom is -0.466 e. The fourth-order valence-electron chi connectivity index (χ4n) is 1.73. The maximum atomic E-state index is 11.7. The van der Waals surface area contributed by atoms with E-state index >= 15 is 0 Å². The number of aryl methyl sites for hydroxylation is 1. The third kappa shape index (κ3) is 2.47. The lowest BCUT2D eigenvalue weighted by atomic mass is 10.0. The van der Waals surface area contributed by atoms with Gasteiger partial charge in [0, 0.05) is 0 Å². The van der Waals surface area contributed by atoms with Crippen LogP contribution in [0.25, 0.3) is 10.2 Å². The Bertz CT molecular complexity index is 547. The summed E-state index contributed by atoms with van der Waals surface area (Å²) in [6, 6.07) is 5.94. The predicted octanol–water partition coefficient (Wildman–Crippen LogP) is 3.27. The molecule has 0 fully saturated rings. The van der Waals surface area contributed by atoms with Crippen LogP contribution in [0.4, 0.5) is 0 Å². The second-order valence-electron chi connectivity index (χ2n) is 3.93. The van der Waals surface area contributed by atoms with Crippen molar-refractivity contribution >= 4 is 27.5 Å². The van der Waals surface area contributed by atoms with Gasteiger partial charge in [-0.2, -0.15) is 0 Å². The maximum absolute atomic E-state index is 11.7. The van der Waals surface area contributed by atoms with Crippen molar-refractivity contribution in [3.8, 4) is 0 Å². The summed E-state index contributed by atoms with van der Waals surface area (Å²) in [5.74, 6) is -0.394. The summed E-state index contributed by atoms with van der Waals surface area (Å²) in [4.78, 5) is 16.0. The number of rotatable bonds is 3. The molecule has 1 aromatic carbocycles. The highest BCUT2D eigenvalue weighted by Crippen LogP contribution is 2.26.